The smallest absolute Gasteiger partial charge is 0.148 e. The zero-order valence-corrected chi connectivity index (χ0v) is 10.6. The number of hydrogen-bond donors (Lipinski definition) is 1. The minimum atomic E-state index is -2.98. The first kappa shape index (κ1) is 14.1. The van der Waals surface area contributed by atoms with E-state index in [4.69, 9.17) is 0 Å². The number of hydrogen-bond acceptors (Lipinski definition) is 4. The van der Waals surface area contributed by atoms with Gasteiger partial charge in [0.05, 0.1) is 5.75 Å². The largest absolute Gasteiger partial charge is 0.316 e. The molecule has 0 aliphatic carbocycles. The molecule has 0 saturated heterocycles. The molecule has 0 aliphatic rings. The summed E-state index contributed by atoms with van der Waals surface area (Å²) >= 11 is 0. The average molecular weight is 241 g/mol. The summed E-state index contributed by atoms with van der Waals surface area (Å²) in [6, 6.07) is 0.218. The van der Waals surface area contributed by atoms with E-state index in [1.54, 1.807) is 0 Å². The quantitative estimate of drug-likeness (QED) is 0.669. The van der Waals surface area contributed by atoms with Crippen LogP contribution in [0.1, 0.15) is 13.3 Å². The summed E-state index contributed by atoms with van der Waals surface area (Å²) in [6.07, 6.45) is 2.07. The van der Waals surface area contributed by atoms with E-state index in [1.165, 1.54) is 6.26 Å². The normalized spacial score (nSPS) is 16.5. The van der Waals surface area contributed by atoms with Crippen molar-refractivity contribution in [2.45, 2.75) is 19.4 Å². The van der Waals surface area contributed by atoms with Crippen LogP contribution in [0.2, 0.25) is 0 Å². The van der Waals surface area contributed by atoms with E-state index in [9.17, 15) is 12.6 Å². The van der Waals surface area contributed by atoms with Gasteiger partial charge in [-0.05, 0) is 13.5 Å². The topological polar surface area (TPSA) is 63.2 Å². The van der Waals surface area contributed by atoms with Crippen molar-refractivity contribution >= 4 is 20.6 Å². The van der Waals surface area contributed by atoms with Crippen LogP contribution in [0.5, 0.6) is 0 Å². The van der Waals surface area contributed by atoms with Crippen LogP contribution < -0.4 is 5.32 Å². The van der Waals surface area contributed by atoms with Crippen LogP contribution in [-0.4, -0.2) is 49.2 Å². The molecule has 2 atom stereocenters. The fraction of sp³-hybridized carbons (Fsp3) is 1.00. The Labute approximate surface area is 88.8 Å². The van der Waals surface area contributed by atoms with Gasteiger partial charge in [0.1, 0.15) is 9.84 Å². The maximum absolute atomic E-state index is 11.4. The number of nitrogens with one attached hydrogen (secondary N) is 1. The highest BCUT2D eigenvalue weighted by Gasteiger charge is 2.11. The Bertz CT molecular complexity index is 270. The first-order valence-electron chi connectivity index (χ1n) is 4.59. The van der Waals surface area contributed by atoms with Crippen molar-refractivity contribution in [3.63, 3.8) is 0 Å². The molecular weight excluding hydrogens is 222 g/mol. The summed E-state index contributed by atoms with van der Waals surface area (Å²) in [5.74, 6) is 0.791. The van der Waals surface area contributed by atoms with Crippen molar-refractivity contribution < 1.29 is 12.6 Å². The van der Waals surface area contributed by atoms with E-state index >= 15 is 0 Å². The van der Waals surface area contributed by atoms with Crippen LogP contribution >= 0.6 is 0 Å². The summed E-state index contributed by atoms with van der Waals surface area (Å²) < 4.78 is 33.0. The Kier molecular flexibility index (Phi) is 6.55. The van der Waals surface area contributed by atoms with Gasteiger partial charge in [0, 0.05) is 34.6 Å². The van der Waals surface area contributed by atoms with Gasteiger partial charge < -0.3 is 5.32 Å². The van der Waals surface area contributed by atoms with Crippen molar-refractivity contribution in [3.05, 3.63) is 0 Å². The zero-order chi connectivity index (χ0) is 11.2. The summed E-state index contributed by atoms with van der Waals surface area (Å²) in [5.41, 5.74) is 0. The summed E-state index contributed by atoms with van der Waals surface area (Å²) in [7, 11) is -2.20. The maximum atomic E-state index is 11.4. The molecular formula is C8H19NO3S2. The Morgan fingerprint density at radius 1 is 1.43 bits per heavy atom. The molecule has 0 aromatic rings. The average Bonchev–Trinajstić information content (AvgIpc) is 2.09. The van der Waals surface area contributed by atoms with E-state index in [0.29, 0.717) is 5.75 Å². The summed E-state index contributed by atoms with van der Waals surface area (Å²) in [5, 5.41) is 3.04. The van der Waals surface area contributed by atoms with Crippen LogP contribution in [-0.2, 0) is 20.6 Å². The molecule has 0 bridgehead atoms. The Morgan fingerprint density at radius 2 is 2.00 bits per heavy atom. The molecule has 0 aliphatic heterocycles. The number of rotatable bonds is 7. The van der Waals surface area contributed by atoms with Crippen molar-refractivity contribution in [2.75, 3.05) is 30.6 Å². The van der Waals surface area contributed by atoms with Gasteiger partial charge in [-0.25, -0.2) is 8.42 Å². The SMILES string of the molecule is CCC(CS(=O)CCS(C)(=O)=O)NC. The summed E-state index contributed by atoms with van der Waals surface area (Å²) in [4.78, 5) is 0. The second-order valence-corrected chi connectivity index (χ2v) is 7.22. The van der Waals surface area contributed by atoms with Crippen molar-refractivity contribution in [2.24, 2.45) is 0 Å². The van der Waals surface area contributed by atoms with Gasteiger partial charge in [-0.2, -0.15) is 0 Å². The van der Waals surface area contributed by atoms with Crippen molar-refractivity contribution in [1.82, 2.24) is 5.32 Å². The molecule has 0 heterocycles. The minimum Gasteiger partial charge on any atom is -0.316 e. The molecule has 0 aromatic carbocycles. The molecule has 0 aromatic heterocycles. The van der Waals surface area contributed by atoms with E-state index in [2.05, 4.69) is 5.32 Å². The number of sulfone groups is 1. The molecule has 86 valence electrons. The molecule has 0 spiro atoms. The molecule has 0 rings (SSSR count). The van der Waals surface area contributed by atoms with Gasteiger partial charge in [-0.15, -0.1) is 0 Å². The Morgan fingerprint density at radius 3 is 2.36 bits per heavy atom. The molecule has 1 N–H and O–H groups in total. The predicted molar refractivity (Wildman–Crippen MR) is 60.7 cm³/mol. The van der Waals surface area contributed by atoms with Gasteiger partial charge in [0.25, 0.3) is 0 Å². The zero-order valence-electron chi connectivity index (χ0n) is 8.95. The highest BCUT2D eigenvalue weighted by atomic mass is 32.2. The Hall–Kier alpha value is 0.0600. The van der Waals surface area contributed by atoms with Gasteiger partial charge in [-0.1, -0.05) is 6.92 Å². The van der Waals surface area contributed by atoms with Crippen LogP contribution in [0.25, 0.3) is 0 Å². The van der Waals surface area contributed by atoms with E-state index in [0.717, 1.165) is 6.42 Å². The first-order chi connectivity index (χ1) is 6.39. The van der Waals surface area contributed by atoms with Crippen LogP contribution in [0, 0.1) is 0 Å². The van der Waals surface area contributed by atoms with Crippen molar-refractivity contribution in [1.29, 1.82) is 0 Å². The highest BCUT2D eigenvalue weighted by molar-refractivity contribution is 7.92. The molecule has 6 heteroatoms. The fourth-order valence-corrected chi connectivity index (χ4v) is 3.93. The molecule has 4 nitrogen and oxygen atoms in total. The third kappa shape index (κ3) is 7.46. The van der Waals surface area contributed by atoms with E-state index in [1.807, 2.05) is 14.0 Å². The van der Waals surface area contributed by atoms with Gasteiger partial charge in [0.2, 0.25) is 0 Å². The lowest BCUT2D eigenvalue weighted by Crippen LogP contribution is -2.31. The lowest BCUT2D eigenvalue weighted by molar-refractivity contribution is 0.589. The lowest BCUT2D eigenvalue weighted by Gasteiger charge is -2.12. The van der Waals surface area contributed by atoms with Crippen LogP contribution in [0.3, 0.4) is 0 Å². The van der Waals surface area contributed by atoms with Gasteiger partial charge in [-0.3, -0.25) is 4.21 Å². The lowest BCUT2D eigenvalue weighted by atomic mass is 10.3. The second-order valence-electron chi connectivity index (χ2n) is 3.33. The molecule has 0 fully saturated rings. The van der Waals surface area contributed by atoms with E-state index in [-0.39, 0.29) is 17.5 Å². The molecule has 0 saturated carbocycles. The predicted octanol–water partition coefficient (Wildman–Crippen LogP) is -0.222. The molecule has 0 radical (unpaired) electrons. The molecule has 2 unspecified atom stereocenters. The highest BCUT2D eigenvalue weighted by Crippen LogP contribution is 1.95. The monoisotopic (exact) mass is 241 g/mol. The van der Waals surface area contributed by atoms with E-state index < -0.39 is 20.6 Å². The van der Waals surface area contributed by atoms with Crippen LogP contribution in [0.4, 0.5) is 0 Å². The Balaban J connectivity index is 3.87. The molecule has 0 amide bonds. The fourth-order valence-electron chi connectivity index (χ4n) is 0.957. The third-order valence-corrected chi connectivity index (χ3v) is 4.61. The maximum Gasteiger partial charge on any atom is 0.148 e. The van der Waals surface area contributed by atoms with Gasteiger partial charge in [0.15, 0.2) is 0 Å². The van der Waals surface area contributed by atoms with Crippen LogP contribution in [0.15, 0.2) is 0 Å². The first-order valence-corrected chi connectivity index (χ1v) is 8.14. The van der Waals surface area contributed by atoms with Crippen molar-refractivity contribution in [3.8, 4) is 0 Å². The third-order valence-electron chi connectivity index (χ3n) is 1.97. The standard InChI is InChI=1S/C8H19NO3S2/c1-4-8(9-2)7-13(10)5-6-14(3,11)12/h8-9H,4-7H2,1-3H3. The minimum absolute atomic E-state index is 0.0137. The molecule has 14 heavy (non-hydrogen) atoms. The second kappa shape index (κ2) is 6.53. The van der Waals surface area contributed by atoms with Gasteiger partial charge >= 0.3 is 0 Å². The summed E-state index contributed by atoms with van der Waals surface area (Å²) in [6.45, 7) is 2.01.